The second-order valence-corrected chi connectivity index (χ2v) is 15.4. The first-order chi connectivity index (χ1) is 19.2. The number of aliphatic hydroxyl groups excluding tert-OH is 1. The molecule has 7 rings (SSSR count). The average Bonchev–Trinajstić information content (AvgIpc) is 3.32. The third-order valence-electron chi connectivity index (χ3n) is 13.8. The molecule has 9 unspecified atom stereocenters. The van der Waals surface area contributed by atoms with E-state index >= 15 is 0 Å². The van der Waals surface area contributed by atoms with Crippen molar-refractivity contribution in [2.75, 3.05) is 13.1 Å². The molecule has 0 aromatic heterocycles. The molecule has 3 heterocycles. The van der Waals surface area contributed by atoms with E-state index in [4.69, 9.17) is 9.47 Å². The highest BCUT2D eigenvalue weighted by atomic mass is 16.6. The Balaban J connectivity index is 1.37. The lowest BCUT2D eigenvalue weighted by Crippen LogP contribution is -2.77. The number of carbonyl (C=O) groups is 2. The molecule has 9 heteroatoms. The molecule has 0 aromatic rings. The SMILES string of the molecule is C/C=C(/C)C(=O)O[C@@H]1C2C(CN3C[C@@H](C)CCC3C2(C)O)C2CC34OC(=O)[C@]5(O)CC[C@@]3(C)[C@@H]5CCC4C2(O)C1O. The summed E-state index contributed by atoms with van der Waals surface area (Å²) in [5.41, 5.74) is -5.67. The second kappa shape index (κ2) is 8.56. The highest BCUT2D eigenvalue weighted by molar-refractivity contribution is 5.87. The molecular weight excluding hydrogens is 526 g/mol. The van der Waals surface area contributed by atoms with Gasteiger partial charge in [-0.25, -0.2) is 9.59 Å². The van der Waals surface area contributed by atoms with E-state index in [0.717, 1.165) is 19.4 Å². The summed E-state index contributed by atoms with van der Waals surface area (Å²) in [4.78, 5) is 29.0. The molecule has 14 atom stereocenters. The van der Waals surface area contributed by atoms with Crippen molar-refractivity contribution in [3.8, 4) is 0 Å². The van der Waals surface area contributed by atoms with Gasteiger partial charge in [0, 0.05) is 47.9 Å². The van der Waals surface area contributed by atoms with Crippen LogP contribution in [0.3, 0.4) is 0 Å². The number of esters is 2. The topological polar surface area (TPSA) is 137 Å². The number of nitrogens with zero attached hydrogens (tertiary/aromatic N) is 1. The molecule has 4 N–H and O–H groups in total. The first-order valence-corrected chi connectivity index (χ1v) is 15.8. The van der Waals surface area contributed by atoms with Crippen molar-refractivity contribution in [2.45, 2.75) is 120 Å². The molecule has 3 aliphatic heterocycles. The van der Waals surface area contributed by atoms with Crippen molar-refractivity contribution in [1.29, 1.82) is 0 Å². The molecular formula is C32H47NO8. The standard InChI is InChI=1S/C32H47NO8/c1-6-17(3)26(35)40-24-23-18(15-33-14-16(2)7-10-22(33)29(23,5)37)19-13-31-21(32(19,39)25(24)34)9-8-20-28(31,4)11-12-30(20,38)27(36)41-31/h6,16,18-25,34,37-39H,7-15H2,1-5H3/b17-6-/t16-,18?,19?,20-,21?,22?,23?,24+,25?,28-,29?,30-,31?,32?/m0/s1. The molecule has 9 nitrogen and oxygen atoms in total. The predicted molar refractivity (Wildman–Crippen MR) is 147 cm³/mol. The van der Waals surface area contributed by atoms with Gasteiger partial charge in [0.1, 0.15) is 23.4 Å². The Hall–Kier alpha value is -1.52. The fourth-order valence-corrected chi connectivity index (χ4v) is 11.8. The Bertz CT molecular complexity index is 1200. The summed E-state index contributed by atoms with van der Waals surface area (Å²) < 4.78 is 12.4. The molecule has 41 heavy (non-hydrogen) atoms. The Morgan fingerprint density at radius 1 is 1.07 bits per heavy atom. The van der Waals surface area contributed by atoms with Gasteiger partial charge in [-0.15, -0.1) is 0 Å². The second-order valence-electron chi connectivity index (χ2n) is 15.4. The van der Waals surface area contributed by atoms with Crippen LogP contribution in [0.4, 0.5) is 0 Å². The molecule has 3 saturated heterocycles. The van der Waals surface area contributed by atoms with E-state index in [9.17, 15) is 30.0 Å². The number of aliphatic hydroxyl groups is 4. The van der Waals surface area contributed by atoms with Gasteiger partial charge < -0.3 is 29.9 Å². The average molecular weight is 574 g/mol. The predicted octanol–water partition coefficient (Wildman–Crippen LogP) is 1.94. The number of piperidine rings is 2. The summed E-state index contributed by atoms with van der Waals surface area (Å²) in [7, 11) is 0. The van der Waals surface area contributed by atoms with Crippen LogP contribution in [-0.4, -0.2) is 91.0 Å². The maximum absolute atomic E-state index is 13.4. The normalized spacial score (nSPS) is 57.6. The van der Waals surface area contributed by atoms with Gasteiger partial charge in [-0.1, -0.05) is 19.9 Å². The number of carbonyl (C=O) groups excluding carboxylic acids is 2. The maximum atomic E-state index is 13.4. The van der Waals surface area contributed by atoms with Crippen LogP contribution in [0.15, 0.2) is 11.6 Å². The number of allylic oxidation sites excluding steroid dienone is 1. The number of hydrogen-bond acceptors (Lipinski definition) is 9. The fraction of sp³-hybridized carbons (Fsp3) is 0.875. The lowest BCUT2D eigenvalue weighted by atomic mass is 9.50. The minimum Gasteiger partial charge on any atom is -0.456 e. The van der Waals surface area contributed by atoms with Crippen LogP contribution in [0.25, 0.3) is 0 Å². The van der Waals surface area contributed by atoms with Crippen molar-refractivity contribution in [3.63, 3.8) is 0 Å². The van der Waals surface area contributed by atoms with Crippen LogP contribution in [0, 0.1) is 40.9 Å². The Labute approximate surface area is 242 Å². The minimum absolute atomic E-state index is 0.150. The van der Waals surface area contributed by atoms with E-state index in [-0.39, 0.29) is 17.9 Å². The van der Waals surface area contributed by atoms with Crippen LogP contribution >= 0.6 is 0 Å². The van der Waals surface area contributed by atoms with Gasteiger partial charge in [0.05, 0.1) is 5.60 Å². The smallest absolute Gasteiger partial charge is 0.339 e. The van der Waals surface area contributed by atoms with E-state index in [2.05, 4.69) is 18.7 Å². The van der Waals surface area contributed by atoms with Crippen molar-refractivity contribution < 1.29 is 39.5 Å². The molecule has 1 spiro atoms. The van der Waals surface area contributed by atoms with Crippen molar-refractivity contribution in [3.05, 3.63) is 11.6 Å². The first kappa shape index (κ1) is 28.3. The quantitative estimate of drug-likeness (QED) is 0.289. The molecule has 4 bridgehead atoms. The molecule has 4 saturated carbocycles. The van der Waals surface area contributed by atoms with Crippen LogP contribution in [0.5, 0.6) is 0 Å². The Morgan fingerprint density at radius 3 is 2.49 bits per heavy atom. The lowest BCUT2D eigenvalue weighted by molar-refractivity contribution is -0.295. The highest BCUT2D eigenvalue weighted by Gasteiger charge is 2.84. The third-order valence-corrected chi connectivity index (χ3v) is 13.8. The molecule has 7 fully saturated rings. The van der Waals surface area contributed by atoms with E-state index < -0.39 is 69.7 Å². The number of rotatable bonds is 2. The third kappa shape index (κ3) is 3.20. The van der Waals surface area contributed by atoms with E-state index in [1.165, 1.54) is 0 Å². The number of fused-ring (bicyclic) bond motifs is 5. The summed E-state index contributed by atoms with van der Waals surface area (Å²) in [5.74, 6) is -2.93. The summed E-state index contributed by atoms with van der Waals surface area (Å²) in [5, 5.41) is 48.9. The highest BCUT2D eigenvalue weighted by Crippen LogP contribution is 2.75. The van der Waals surface area contributed by atoms with Crippen molar-refractivity contribution >= 4 is 11.9 Å². The fourth-order valence-electron chi connectivity index (χ4n) is 11.8. The van der Waals surface area contributed by atoms with Gasteiger partial charge in [0.2, 0.25) is 0 Å². The van der Waals surface area contributed by atoms with Crippen LogP contribution < -0.4 is 0 Å². The van der Waals surface area contributed by atoms with E-state index in [1.54, 1.807) is 19.9 Å². The maximum Gasteiger partial charge on any atom is 0.339 e. The molecule has 0 radical (unpaired) electrons. The van der Waals surface area contributed by atoms with Crippen LogP contribution in [0.1, 0.15) is 79.6 Å². The van der Waals surface area contributed by atoms with Crippen LogP contribution in [-0.2, 0) is 19.1 Å². The van der Waals surface area contributed by atoms with Gasteiger partial charge in [-0.05, 0) is 83.5 Å². The van der Waals surface area contributed by atoms with E-state index in [1.807, 2.05) is 6.92 Å². The Morgan fingerprint density at radius 2 is 1.78 bits per heavy atom. The molecule has 7 aliphatic rings. The first-order valence-electron chi connectivity index (χ1n) is 15.8. The zero-order valence-corrected chi connectivity index (χ0v) is 25.0. The molecule has 4 aliphatic carbocycles. The molecule has 0 aromatic carbocycles. The zero-order chi connectivity index (χ0) is 29.5. The van der Waals surface area contributed by atoms with Crippen molar-refractivity contribution in [2.24, 2.45) is 40.9 Å². The van der Waals surface area contributed by atoms with Gasteiger partial charge in [0.15, 0.2) is 5.60 Å². The summed E-state index contributed by atoms with van der Waals surface area (Å²) >= 11 is 0. The summed E-state index contributed by atoms with van der Waals surface area (Å²) in [6.07, 6.45) is 3.20. The summed E-state index contributed by atoms with van der Waals surface area (Å²) in [6, 6.07) is -0.150. The van der Waals surface area contributed by atoms with Gasteiger partial charge in [0.25, 0.3) is 0 Å². The zero-order valence-electron chi connectivity index (χ0n) is 25.0. The molecule has 0 amide bonds. The van der Waals surface area contributed by atoms with Gasteiger partial charge >= 0.3 is 11.9 Å². The number of hydrogen-bond donors (Lipinski definition) is 4. The number of ether oxygens (including phenoxy) is 2. The van der Waals surface area contributed by atoms with Gasteiger partial charge in [-0.2, -0.15) is 0 Å². The largest absolute Gasteiger partial charge is 0.456 e. The van der Waals surface area contributed by atoms with Gasteiger partial charge in [-0.3, -0.25) is 4.90 Å². The minimum atomic E-state index is -1.69. The monoisotopic (exact) mass is 573 g/mol. The van der Waals surface area contributed by atoms with Crippen molar-refractivity contribution in [1.82, 2.24) is 4.90 Å². The van der Waals surface area contributed by atoms with Crippen LogP contribution in [0.2, 0.25) is 0 Å². The lowest BCUT2D eigenvalue weighted by Gasteiger charge is -2.64. The Kier molecular flexibility index (Phi) is 5.90. The van der Waals surface area contributed by atoms with E-state index in [0.29, 0.717) is 50.1 Å². The molecule has 228 valence electrons. The summed E-state index contributed by atoms with van der Waals surface area (Å²) in [6.45, 7) is 11.0.